The number of hydrogen-bond donors (Lipinski definition) is 0. The molecule has 0 spiro atoms. The van der Waals surface area contributed by atoms with Crippen LogP contribution in [0.5, 0.6) is 0 Å². The minimum absolute atomic E-state index is 0.0915. The molecule has 0 bridgehead atoms. The summed E-state index contributed by atoms with van der Waals surface area (Å²) in [5, 5.41) is 17.8. The summed E-state index contributed by atoms with van der Waals surface area (Å²) in [6.07, 6.45) is 7.15. The SMILES string of the molecule is C=C=CC(C=C(C#N)C#N)C1CC(C)CC(C)(C)C1. The standard InChI is InChI=1S/C17H22N2/c1-5-6-15(8-14(11-18)12-19)16-7-13(2)9-17(3,4)10-16/h6,8,13,15-16H,1,7,9-10H2,2-4H3. The third kappa shape index (κ3) is 4.44. The van der Waals surface area contributed by atoms with Crippen LogP contribution in [0.1, 0.15) is 40.0 Å². The fraction of sp³-hybridized carbons (Fsp3) is 0.588. The van der Waals surface area contributed by atoms with Gasteiger partial charge in [0.2, 0.25) is 0 Å². The average Bonchev–Trinajstić information content (AvgIpc) is 2.32. The molecule has 0 saturated heterocycles. The minimum Gasteiger partial charge on any atom is -0.192 e. The van der Waals surface area contributed by atoms with Gasteiger partial charge in [0.1, 0.15) is 17.7 Å². The Morgan fingerprint density at radius 3 is 2.42 bits per heavy atom. The minimum atomic E-state index is 0.0915. The first-order valence-corrected chi connectivity index (χ1v) is 6.80. The molecule has 0 aromatic carbocycles. The zero-order valence-electron chi connectivity index (χ0n) is 12.1. The van der Waals surface area contributed by atoms with E-state index in [-0.39, 0.29) is 11.5 Å². The molecule has 1 aliphatic carbocycles. The van der Waals surface area contributed by atoms with Gasteiger partial charge in [0.15, 0.2) is 0 Å². The van der Waals surface area contributed by atoms with E-state index in [1.165, 1.54) is 6.42 Å². The van der Waals surface area contributed by atoms with Crippen molar-refractivity contribution in [3.05, 3.63) is 30.0 Å². The molecule has 19 heavy (non-hydrogen) atoms. The van der Waals surface area contributed by atoms with Gasteiger partial charge in [-0.25, -0.2) is 0 Å². The molecule has 1 fully saturated rings. The van der Waals surface area contributed by atoms with Crippen LogP contribution in [0.2, 0.25) is 0 Å². The van der Waals surface area contributed by atoms with Crippen molar-refractivity contribution in [1.82, 2.24) is 0 Å². The number of hydrogen-bond acceptors (Lipinski definition) is 2. The van der Waals surface area contributed by atoms with Crippen LogP contribution >= 0.6 is 0 Å². The molecule has 3 atom stereocenters. The van der Waals surface area contributed by atoms with Crippen molar-refractivity contribution < 1.29 is 0 Å². The Bertz CT molecular complexity index is 462. The first kappa shape index (κ1) is 15.3. The predicted octanol–water partition coefficient (Wildman–Crippen LogP) is 4.38. The van der Waals surface area contributed by atoms with Crippen molar-refractivity contribution in [3.63, 3.8) is 0 Å². The number of allylic oxidation sites excluding steroid dienone is 3. The van der Waals surface area contributed by atoms with E-state index in [2.05, 4.69) is 33.1 Å². The summed E-state index contributed by atoms with van der Waals surface area (Å²) in [7, 11) is 0. The highest BCUT2D eigenvalue weighted by Gasteiger charge is 2.34. The fourth-order valence-corrected chi connectivity index (χ4v) is 3.46. The molecule has 1 aliphatic rings. The van der Waals surface area contributed by atoms with Gasteiger partial charge in [0.25, 0.3) is 0 Å². The molecule has 0 aromatic heterocycles. The molecule has 0 aromatic rings. The first-order valence-electron chi connectivity index (χ1n) is 6.80. The van der Waals surface area contributed by atoms with Gasteiger partial charge in [-0.2, -0.15) is 10.5 Å². The number of nitrogens with zero attached hydrogens (tertiary/aromatic N) is 2. The van der Waals surface area contributed by atoms with Crippen LogP contribution in [0.4, 0.5) is 0 Å². The molecule has 1 saturated carbocycles. The summed E-state index contributed by atoms with van der Waals surface area (Å²) in [5.41, 5.74) is 3.33. The van der Waals surface area contributed by atoms with E-state index in [4.69, 9.17) is 10.5 Å². The zero-order valence-corrected chi connectivity index (χ0v) is 12.1. The first-order chi connectivity index (χ1) is 8.91. The molecule has 100 valence electrons. The maximum atomic E-state index is 8.91. The van der Waals surface area contributed by atoms with Crippen LogP contribution in [-0.4, -0.2) is 0 Å². The van der Waals surface area contributed by atoms with E-state index < -0.39 is 0 Å². The summed E-state index contributed by atoms with van der Waals surface area (Å²) in [6.45, 7) is 10.5. The summed E-state index contributed by atoms with van der Waals surface area (Å²) < 4.78 is 0. The van der Waals surface area contributed by atoms with Crippen LogP contribution in [0.15, 0.2) is 30.0 Å². The number of nitriles is 2. The molecule has 0 N–H and O–H groups in total. The van der Waals surface area contributed by atoms with E-state index in [0.29, 0.717) is 17.3 Å². The highest BCUT2D eigenvalue weighted by atomic mass is 14.4. The topological polar surface area (TPSA) is 47.6 Å². The zero-order chi connectivity index (χ0) is 14.5. The van der Waals surface area contributed by atoms with Crippen molar-refractivity contribution in [2.75, 3.05) is 0 Å². The van der Waals surface area contributed by atoms with E-state index in [9.17, 15) is 0 Å². The van der Waals surface area contributed by atoms with Gasteiger partial charge in [-0.1, -0.05) is 27.4 Å². The Morgan fingerprint density at radius 2 is 1.95 bits per heavy atom. The van der Waals surface area contributed by atoms with Crippen molar-refractivity contribution in [2.45, 2.75) is 40.0 Å². The van der Waals surface area contributed by atoms with E-state index >= 15 is 0 Å². The summed E-state index contributed by atoms with van der Waals surface area (Å²) in [5.74, 6) is 1.23. The highest BCUT2D eigenvalue weighted by Crippen LogP contribution is 2.45. The van der Waals surface area contributed by atoms with Gasteiger partial charge in [-0.05, 0) is 48.7 Å². The summed E-state index contributed by atoms with van der Waals surface area (Å²) in [6, 6.07) is 3.89. The third-order valence-electron chi connectivity index (χ3n) is 3.88. The van der Waals surface area contributed by atoms with Gasteiger partial charge in [0.05, 0.1) is 0 Å². The fourth-order valence-electron chi connectivity index (χ4n) is 3.46. The molecule has 2 nitrogen and oxygen atoms in total. The van der Waals surface area contributed by atoms with Crippen molar-refractivity contribution in [3.8, 4) is 12.1 Å². The Hall–Kier alpha value is -1.76. The second kappa shape index (κ2) is 6.42. The van der Waals surface area contributed by atoms with Crippen LogP contribution in [0.25, 0.3) is 0 Å². The Morgan fingerprint density at radius 1 is 1.32 bits per heavy atom. The molecule has 3 unspecified atom stereocenters. The molecular weight excluding hydrogens is 232 g/mol. The molecule has 1 rings (SSSR count). The van der Waals surface area contributed by atoms with E-state index in [1.807, 2.05) is 18.2 Å². The summed E-state index contributed by atoms with van der Waals surface area (Å²) in [4.78, 5) is 0. The Kier molecular flexibility index (Phi) is 5.17. The lowest BCUT2D eigenvalue weighted by Crippen LogP contribution is -2.30. The van der Waals surface area contributed by atoms with E-state index in [0.717, 1.165) is 12.8 Å². The molecule has 0 amide bonds. The molecule has 0 aliphatic heterocycles. The van der Waals surface area contributed by atoms with Crippen molar-refractivity contribution in [2.24, 2.45) is 23.2 Å². The van der Waals surface area contributed by atoms with Crippen LogP contribution in [0, 0.1) is 45.8 Å². The normalized spacial score (nSPS) is 26.2. The molecule has 2 heteroatoms. The van der Waals surface area contributed by atoms with Crippen LogP contribution in [-0.2, 0) is 0 Å². The average molecular weight is 254 g/mol. The van der Waals surface area contributed by atoms with Crippen molar-refractivity contribution in [1.29, 1.82) is 10.5 Å². The van der Waals surface area contributed by atoms with Gasteiger partial charge in [0, 0.05) is 5.92 Å². The molecule has 0 radical (unpaired) electrons. The second-order valence-corrected chi connectivity index (χ2v) is 6.43. The number of rotatable bonds is 3. The largest absolute Gasteiger partial charge is 0.192 e. The smallest absolute Gasteiger partial charge is 0.126 e. The van der Waals surface area contributed by atoms with Gasteiger partial charge >= 0.3 is 0 Å². The van der Waals surface area contributed by atoms with E-state index in [1.54, 1.807) is 6.08 Å². The van der Waals surface area contributed by atoms with Gasteiger partial charge in [-0.15, -0.1) is 5.73 Å². The maximum absolute atomic E-state index is 8.91. The predicted molar refractivity (Wildman–Crippen MR) is 76.8 cm³/mol. The van der Waals surface area contributed by atoms with Crippen molar-refractivity contribution >= 4 is 0 Å². The maximum Gasteiger partial charge on any atom is 0.126 e. The third-order valence-corrected chi connectivity index (χ3v) is 3.88. The second-order valence-electron chi connectivity index (χ2n) is 6.43. The van der Waals surface area contributed by atoms with Crippen LogP contribution in [0.3, 0.4) is 0 Å². The summed E-state index contributed by atoms with van der Waals surface area (Å²) >= 11 is 0. The van der Waals surface area contributed by atoms with Crippen LogP contribution < -0.4 is 0 Å². The molecule has 0 heterocycles. The monoisotopic (exact) mass is 254 g/mol. The lowest BCUT2D eigenvalue weighted by atomic mass is 9.64. The quantitative estimate of drug-likeness (QED) is 0.554. The lowest BCUT2D eigenvalue weighted by molar-refractivity contribution is 0.119. The Balaban J connectivity index is 3.01. The Labute approximate surface area is 116 Å². The highest BCUT2D eigenvalue weighted by molar-refractivity contribution is 5.36. The molecular formula is C17H22N2. The van der Waals surface area contributed by atoms with Gasteiger partial charge in [-0.3, -0.25) is 0 Å². The lowest BCUT2D eigenvalue weighted by Gasteiger charge is -2.41. The van der Waals surface area contributed by atoms with Gasteiger partial charge < -0.3 is 0 Å².